The summed E-state index contributed by atoms with van der Waals surface area (Å²) < 4.78 is 33.1. The molecule has 0 radical (unpaired) electrons. The van der Waals surface area contributed by atoms with Gasteiger partial charge in [0.05, 0.1) is 0 Å². The lowest BCUT2D eigenvalue weighted by Gasteiger charge is -2.17. The standard InChI is InChI=1S/C23H23N3O6S/c1-15-7-9-17(10-8-15)25-22(28)23(29)26-19-13-11-18(12-14-19)24-21(27)20(33(30,31)32)16-5-3-2-4-6-16/h3,5-14,20H,2,4H2,1H3,(H,24,27)(H,25,28)(H,26,29)(H,30,31,32). The van der Waals surface area contributed by atoms with Crippen molar-refractivity contribution in [1.29, 1.82) is 0 Å². The second kappa shape index (κ2) is 10.2. The molecule has 0 saturated heterocycles. The fraction of sp³-hybridized carbons (Fsp3) is 0.174. The van der Waals surface area contributed by atoms with Gasteiger partial charge in [0.15, 0.2) is 5.25 Å². The lowest BCUT2D eigenvalue weighted by molar-refractivity contribution is -0.132. The molecule has 9 nitrogen and oxygen atoms in total. The Labute approximate surface area is 191 Å². The van der Waals surface area contributed by atoms with Crippen LogP contribution in [0.2, 0.25) is 0 Å². The second-order valence-corrected chi connectivity index (χ2v) is 8.92. The predicted molar refractivity (Wildman–Crippen MR) is 125 cm³/mol. The summed E-state index contributed by atoms with van der Waals surface area (Å²) in [6.45, 7) is 1.90. The Balaban J connectivity index is 1.62. The highest BCUT2D eigenvalue weighted by molar-refractivity contribution is 7.87. The van der Waals surface area contributed by atoms with Crippen LogP contribution in [0.5, 0.6) is 0 Å². The monoisotopic (exact) mass is 469 g/mol. The van der Waals surface area contributed by atoms with E-state index in [-0.39, 0.29) is 11.3 Å². The third-order valence-corrected chi connectivity index (χ3v) is 5.87. The normalized spacial score (nSPS) is 14.1. The van der Waals surface area contributed by atoms with Crippen molar-refractivity contribution in [1.82, 2.24) is 0 Å². The first-order chi connectivity index (χ1) is 15.6. The van der Waals surface area contributed by atoms with Crippen LogP contribution in [-0.2, 0) is 24.5 Å². The van der Waals surface area contributed by atoms with Crippen LogP contribution in [0.1, 0.15) is 18.4 Å². The number of allylic oxidation sites excluding steroid dienone is 3. The molecule has 3 rings (SSSR count). The summed E-state index contributed by atoms with van der Waals surface area (Å²) >= 11 is 0. The summed E-state index contributed by atoms with van der Waals surface area (Å²) in [7, 11) is -4.68. The van der Waals surface area contributed by atoms with Crippen LogP contribution in [0, 0.1) is 6.92 Å². The molecule has 1 atom stereocenters. The average Bonchev–Trinajstić information content (AvgIpc) is 2.76. The van der Waals surface area contributed by atoms with Crippen molar-refractivity contribution in [3.05, 3.63) is 77.9 Å². The van der Waals surface area contributed by atoms with Gasteiger partial charge in [-0.3, -0.25) is 18.9 Å². The van der Waals surface area contributed by atoms with E-state index in [1.54, 1.807) is 36.4 Å². The highest BCUT2D eigenvalue weighted by Gasteiger charge is 2.34. The Hall–Kier alpha value is -3.76. The fourth-order valence-electron chi connectivity index (χ4n) is 3.14. The van der Waals surface area contributed by atoms with E-state index < -0.39 is 33.1 Å². The lowest BCUT2D eigenvalue weighted by Crippen LogP contribution is -2.36. The first-order valence-electron chi connectivity index (χ1n) is 10.1. The number of benzene rings is 2. The number of hydrogen-bond donors (Lipinski definition) is 4. The Bertz CT molecular complexity index is 1220. The molecule has 2 aromatic rings. The van der Waals surface area contributed by atoms with Crippen molar-refractivity contribution < 1.29 is 27.4 Å². The van der Waals surface area contributed by atoms with Crippen LogP contribution in [0.3, 0.4) is 0 Å². The molecule has 4 N–H and O–H groups in total. The topological polar surface area (TPSA) is 142 Å². The molecule has 1 aliphatic carbocycles. The van der Waals surface area contributed by atoms with Gasteiger partial charge in [0.2, 0.25) is 5.91 Å². The van der Waals surface area contributed by atoms with Gasteiger partial charge < -0.3 is 16.0 Å². The first-order valence-corrected chi connectivity index (χ1v) is 11.6. The Kier molecular flexibility index (Phi) is 7.41. The maximum atomic E-state index is 12.6. The van der Waals surface area contributed by atoms with Gasteiger partial charge in [-0.2, -0.15) is 8.42 Å². The van der Waals surface area contributed by atoms with Crippen molar-refractivity contribution in [2.45, 2.75) is 25.0 Å². The quantitative estimate of drug-likeness (QED) is 0.378. The fourth-order valence-corrected chi connectivity index (χ4v) is 3.99. The van der Waals surface area contributed by atoms with Crippen LogP contribution in [0.25, 0.3) is 0 Å². The molecule has 0 bridgehead atoms. The van der Waals surface area contributed by atoms with Crippen molar-refractivity contribution >= 4 is 44.9 Å². The van der Waals surface area contributed by atoms with Crippen molar-refractivity contribution in [2.24, 2.45) is 0 Å². The van der Waals surface area contributed by atoms with Gasteiger partial charge >= 0.3 is 11.8 Å². The molecule has 1 unspecified atom stereocenters. The third-order valence-electron chi connectivity index (χ3n) is 4.79. The van der Waals surface area contributed by atoms with Crippen LogP contribution in [0.15, 0.2) is 72.3 Å². The molecule has 3 amide bonds. The van der Waals surface area contributed by atoms with Gasteiger partial charge in [0.1, 0.15) is 0 Å². The minimum Gasteiger partial charge on any atom is -0.325 e. The molecule has 172 valence electrons. The first kappa shape index (κ1) is 23.9. The third kappa shape index (κ3) is 6.61. The molecule has 0 heterocycles. The van der Waals surface area contributed by atoms with Gasteiger partial charge in [0.25, 0.3) is 10.1 Å². The van der Waals surface area contributed by atoms with Crippen molar-refractivity contribution in [2.75, 3.05) is 16.0 Å². The van der Waals surface area contributed by atoms with Crippen LogP contribution in [-0.4, -0.2) is 35.9 Å². The number of nitrogens with one attached hydrogen (secondary N) is 3. The maximum Gasteiger partial charge on any atom is 0.314 e. The zero-order chi connectivity index (χ0) is 24.0. The largest absolute Gasteiger partial charge is 0.325 e. The Morgan fingerprint density at radius 1 is 0.818 bits per heavy atom. The van der Waals surface area contributed by atoms with E-state index in [0.717, 1.165) is 12.0 Å². The SMILES string of the molecule is Cc1ccc(NC(=O)C(=O)Nc2ccc(NC(=O)C(C3=CCCC=C3)S(=O)(=O)O)cc2)cc1. The predicted octanol–water partition coefficient (Wildman–Crippen LogP) is 3.04. The number of rotatable bonds is 6. The van der Waals surface area contributed by atoms with E-state index in [4.69, 9.17) is 0 Å². The van der Waals surface area contributed by atoms with Gasteiger partial charge in [-0.1, -0.05) is 35.9 Å². The zero-order valence-corrected chi connectivity index (χ0v) is 18.6. The molecule has 33 heavy (non-hydrogen) atoms. The highest BCUT2D eigenvalue weighted by atomic mass is 32.2. The molecular weight excluding hydrogens is 446 g/mol. The minimum absolute atomic E-state index is 0.199. The second-order valence-electron chi connectivity index (χ2n) is 7.42. The van der Waals surface area contributed by atoms with E-state index in [1.165, 1.54) is 30.3 Å². The van der Waals surface area contributed by atoms with Gasteiger partial charge in [-0.05, 0) is 61.7 Å². The molecule has 1 aliphatic rings. The number of carbonyl (C=O) groups excluding carboxylic acids is 3. The van der Waals surface area contributed by atoms with E-state index in [0.29, 0.717) is 17.8 Å². The molecule has 0 fully saturated rings. The lowest BCUT2D eigenvalue weighted by atomic mass is 10.0. The van der Waals surface area contributed by atoms with Crippen LogP contribution < -0.4 is 16.0 Å². The number of carbonyl (C=O) groups is 3. The number of amides is 3. The van der Waals surface area contributed by atoms with E-state index in [9.17, 15) is 27.4 Å². The molecule has 0 aromatic heterocycles. The summed E-state index contributed by atoms with van der Waals surface area (Å²) in [6.07, 6.45) is 6.11. The summed E-state index contributed by atoms with van der Waals surface area (Å²) in [5, 5.41) is 5.61. The molecular formula is C23H23N3O6S. The summed E-state index contributed by atoms with van der Waals surface area (Å²) in [5.41, 5.74) is 2.23. The van der Waals surface area contributed by atoms with Crippen LogP contribution >= 0.6 is 0 Å². The molecule has 2 aromatic carbocycles. The summed E-state index contributed by atoms with van der Waals surface area (Å²) in [5.74, 6) is -2.64. The van der Waals surface area contributed by atoms with Gasteiger partial charge in [-0.15, -0.1) is 0 Å². The molecule has 0 saturated carbocycles. The Morgan fingerprint density at radius 3 is 1.76 bits per heavy atom. The van der Waals surface area contributed by atoms with Crippen LogP contribution in [0.4, 0.5) is 17.1 Å². The zero-order valence-electron chi connectivity index (χ0n) is 17.7. The average molecular weight is 470 g/mol. The highest BCUT2D eigenvalue weighted by Crippen LogP contribution is 2.21. The number of anilines is 3. The smallest absolute Gasteiger partial charge is 0.314 e. The maximum absolute atomic E-state index is 12.6. The minimum atomic E-state index is -4.68. The van der Waals surface area contributed by atoms with E-state index in [2.05, 4.69) is 16.0 Å². The molecule has 10 heteroatoms. The number of hydrogen-bond acceptors (Lipinski definition) is 5. The Morgan fingerprint density at radius 2 is 1.30 bits per heavy atom. The van der Waals surface area contributed by atoms with Gasteiger partial charge in [0, 0.05) is 17.1 Å². The van der Waals surface area contributed by atoms with E-state index >= 15 is 0 Å². The summed E-state index contributed by atoms with van der Waals surface area (Å²) in [6, 6.07) is 12.7. The molecule has 0 aliphatic heterocycles. The van der Waals surface area contributed by atoms with Crippen molar-refractivity contribution in [3.8, 4) is 0 Å². The van der Waals surface area contributed by atoms with E-state index in [1.807, 2.05) is 6.92 Å². The number of aryl methyl sites for hydroxylation is 1. The molecule has 0 spiro atoms. The van der Waals surface area contributed by atoms with Crippen molar-refractivity contribution in [3.63, 3.8) is 0 Å². The van der Waals surface area contributed by atoms with Gasteiger partial charge in [-0.25, -0.2) is 0 Å². The summed E-state index contributed by atoms with van der Waals surface area (Å²) in [4.78, 5) is 36.7.